The van der Waals surface area contributed by atoms with E-state index in [0.29, 0.717) is 12.1 Å². The van der Waals surface area contributed by atoms with Crippen molar-refractivity contribution in [2.75, 3.05) is 6.61 Å². The highest BCUT2D eigenvalue weighted by molar-refractivity contribution is 5.92. The summed E-state index contributed by atoms with van der Waals surface area (Å²) in [6.45, 7) is 3.44. The Kier molecular flexibility index (Phi) is 5.13. The van der Waals surface area contributed by atoms with E-state index in [1.165, 1.54) is 6.92 Å². The second kappa shape index (κ2) is 6.62. The number of esters is 1. The number of pyridine rings is 1. The Bertz CT molecular complexity index is 379. The van der Waals surface area contributed by atoms with Crippen molar-refractivity contribution >= 4 is 11.9 Å². The zero-order valence-electron chi connectivity index (χ0n) is 9.97. The van der Waals surface area contributed by atoms with Gasteiger partial charge in [-0.25, -0.2) is 0 Å². The Morgan fingerprint density at radius 3 is 2.76 bits per heavy atom. The normalized spacial score (nSPS) is 11.6. The number of nitrogens with zero attached hydrogens (tertiary/aromatic N) is 1. The quantitative estimate of drug-likeness (QED) is 0.779. The lowest BCUT2D eigenvalue weighted by atomic mass is 10.2. The number of aromatic nitrogens is 1. The third kappa shape index (κ3) is 4.63. The maximum absolute atomic E-state index is 11.7. The van der Waals surface area contributed by atoms with Crippen molar-refractivity contribution in [2.45, 2.75) is 26.3 Å². The lowest BCUT2D eigenvalue weighted by molar-refractivity contribution is -0.141. The SMILES string of the molecule is CCC(COC(C)=O)NC(=O)c1ccccn1. The Hall–Kier alpha value is -1.91. The van der Waals surface area contributed by atoms with E-state index < -0.39 is 0 Å². The molecule has 0 saturated carbocycles. The maximum atomic E-state index is 11.7. The first kappa shape index (κ1) is 13.2. The predicted molar refractivity (Wildman–Crippen MR) is 62.4 cm³/mol. The molecule has 1 aromatic rings. The van der Waals surface area contributed by atoms with Crippen molar-refractivity contribution in [3.8, 4) is 0 Å². The predicted octanol–water partition coefficient (Wildman–Crippen LogP) is 1.15. The number of hydrogen-bond acceptors (Lipinski definition) is 4. The summed E-state index contributed by atoms with van der Waals surface area (Å²) in [5.74, 6) is -0.611. The lowest BCUT2D eigenvalue weighted by Crippen LogP contribution is -2.38. The van der Waals surface area contributed by atoms with Gasteiger partial charge in [0.25, 0.3) is 5.91 Å². The molecular weight excluding hydrogens is 220 g/mol. The summed E-state index contributed by atoms with van der Waals surface area (Å²) >= 11 is 0. The molecule has 5 nitrogen and oxygen atoms in total. The monoisotopic (exact) mass is 236 g/mol. The molecule has 0 saturated heterocycles. The Morgan fingerprint density at radius 1 is 1.47 bits per heavy atom. The molecule has 0 aromatic carbocycles. The Labute approximate surface area is 100 Å². The number of amides is 1. The highest BCUT2D eigenvalue weighted by Gasteiger charge is 2.13. The van der Waals surface area contributed by atoms with E-state index in [2.05, 4.69) is 10.3 Å². The molecular formula is C12H16N2O3. The summed E-state index contributed by atoms with van der Waals surface area (Å²) in [6.07, 6.45) is 2.24. The third-order valence-corrected chi connectivity index (χ3v) is 2.21. The fraction of sp³-hybridized carbons (Fsp3) is 0.417. The molecule has 0 bridgehead atoms. The summed E-state index contributed by atoms with van der Waals surface area (Å²) in [6, 6.07) is 4.93. The van der Waals surface area contributed by atoms with Gasteiger partial charge in [0.2, 0.25) is 0 Å². The summed E-state index contributed by atoms with van der Waals surface area (Å²) in [7, 11) is 0. The molecule has 92 valence electrons. The van der Waals surface area contributed by atoms with E-state index in [1.54, 1.807) is 24.4 Å². The molecule has 5 heteroatoms. The Morgan fingerprint density at radius 2 is 2.24 bits per heavy atom. The summed E-state index contributed by atoms with van der Waals surface area (Å²) in [4.78, 5) is 26.4. The van der Waals surface area contributed by atoms with Crippen molar-refractivity contribution in [3.05, 3.63) is 30.1 Å². The standard InChI is InChI=1S/C12H16N2O3/c1-3-10(8-17-9(2)15)14-12(16)11-6-4-5-7-13-11/h4-7,10H,3,8H2,1-2H3,(H,14,16). The van der Waals surface area contributed by atoms with Crippen LogP contribution in [0, 0.1) is 0 Å². The molecule has 0 aliphatic carbocycles. The van der Waals surface area contributed by atoms with Gasteiger partial charge >= 0.3 is 5.97 Å². The molecule has 1 unspecified atom stereocenters. The van der Waals surface area contributed by atoms with Crippen molar-refractivity contribution < 1.29 is 14.3 Å². The minimum Gasteiger partial charge on any atom is -0.464 e. The zero-order chi connectivity index (χ0) is 12.7. The van der Waals surface area contributed by atoms with Gasteiger partial charge in [0.15, 0.2) is 0 Å². The first-order valence-corrected chi connectivity index (χ1v) is 5.48. The molecule has 1 amide bonds. The summed E-state index contributed by atoms with van der Waals surface area (Å²) in [5.41, 5.74) is 0.355. The molecule has 0 aliphatic rings. The van der Waals surface area contributed by atoms with E-state index in [-0.39, 0.29) is 24.5 Å². The number of rotatable bonds is 5. The van der Waals surface area contributed by atoms with Gasteiger partial charge in [-0.2, -0.15) is 0 Å². The number of carbonyl (C=O) groups excluding carboxylic acids is 2. The first-order chi connectivity index (χ1) is 8.13. The molecule has 1 N–H and O–H groups in total. The van der Waals surface area contributed by atoms with Crippen LogP contribution in [0.15, 0.2) is 24.4 Å². The van der Waals surface area contributed by atoms with Gasteiger partial charge in [0.05, 0.1) is 6.04 Å². The second-order valence-corrected chi connectivity index (χ2v) is 3.60. The third-order valence-electron chi connectivity index (χ3n) is 2.21. The van der Waals surface area contributed by atoms with Gasteiger partial charge in [-0.05, 0) is 18.6 Å². The molecule has 0 fully saturated rings. The van der Waals surface area contributed by atoms with Crippen LogP contribution in [0.1, 0.15) is 30.8 Å². The van der Waals surface area contributed by atoms with E-state index in [9.17, 15) is 9.59 Å². The van der Waals surface area contributed by atoms with Crippen LogP contribution < -0.4 is 5.32 Å². The Balaban J connectivity index is 2.51. The first-order valence-electron chi connectivity index (χ1n) is 5.48. The molecule has 0 spiro atoms. The molecule has 0 aliphatic heterocycles. The van der Waals surface area contributed by atoms with Gasteiger partial charge < -0.3 is 10.1 Å². The highest BCUT2D eigenvalue weighted by atomic mass is 16.5. The summed E-state index contributed by atoms with van der Waals surface area (Å²) in [5, 5.41) is 2.76. The van der Waals surface area contributed by atoms with Crippen molar-refractivity contribution in [1.29, 1.82) is 0 Å². The number of hydrogen-bond donors (Lipinski definition) is 1. The van der Waals surface area contributed by atoms with Gasteiger partial charge in [-0.15, -0.1) is 0 Å². The van der Waals surface area contributed by atoms with Crippen LogP contribution >= 0.6 is 0 Å². The minimum atomic E-state index is -0.351. The maximum Gasteiger partial charge on any atom is 0.302 e. The number of ether oxygens (including phenoxy) is 1. The van der Waals surface area contributed by atoms with Crippen LogP contribution in [0.5, 0.6) is 0 Å². The molecule has 1 heterocycles. The largest absolute Gasteiger partial charge is 0.464 e. The van der Waals surface area contributed by atoms with Crippen LogP contribution in [0.4, 0.5) is 0 Å². The molecule has 1 aromatic heterocycles. The van der Waals surface area contributed by atoms with Crippen molar-refractivity contribution in [2.24, 2.45) is 0 Å². The van der Waals surface area contributed by atoms with Gasteiger partial charge in [0.1, 0.15) is 12.3 Å². The van der Waals surface area contributed by atoms with Crippen LogP contribution in [0.3, 0.4) is 0 Å². The molecule has 17 heavy (non-hydrogen) atoms. The second-order valence-electron chi connectivity index (χ2n) is 3.60. The zero-order valence-corrected chi connectivity index (χ0v) is 9.97. The van der Waals surface area contributed by atoms with E-state index in [0.717, 1.165) is 0 Å². The van der Waals surface area contributed by atoms with Gasteiger partial charge in [-0.1, -0.05) is 13.0 Å². The average molecular weight is 236 g/mol. The topological polar surface area (TPSA) is 68.3 Å². The van der Waals surface area contributed by atoms with Crippen molar-refractivity contribution in [1.82, 2.24) is 10.3 Å². The average Bonchev–Trinajstić information content (AvgIpc) is 2.35. The van der Waals surface area contributed by atoms with Crippen LogP contribution in [-0.4, -0.2) is 29.5 Å². The van der Waals surface area contributed by atoms with Gasteiger partial charge in [-0.3, -0.25) is 14.6 Å². The fourth-order valence-corrected chi connectivity index (χ4v) is 1.24. The van der Waals surface area contributed by atoms with Crippen LogP contribution in [0.25, 0.3) is 0 Å². The minimum absolute atomic E-state index is 0.185. The van der Waals surface area contributed by atoms with E-state index in [1.807, 2.05) is 6.92 Å². The fourth-order valence-electron chi connectivity index (χ4n) is 1.24. The molecule has 1 atom stereocenters. The lowest BCUT2D eigenvalue weighted by Gasteiger charge is -2.16. The molecule has 0 radical (unpaired) electrons. The van der Waals surface area contributed by atoms with E-state index in [4.69, 9.17) is 4.74 Å². The van der Waals surface area contributed by atoms with Gasteiger partial charge in [0, 0.05) is 13.1 Å². The highest BCUT2D eigenvalue weighted by Crippen LogP contribution is 1.98. The number of carbonyl (C=O) groups is 2. The van der Waals surface area contributed by atoms with E-state index >= 15 is 0 Å². The van der Waals surface area contributed by atoms with Crippen LogP contribution in [0.2, 0.25) is 0 Å². The van der Waals surface area contributed by atoms with Crippen LogP contribution in [-0.2, 0) is 9.53 Å². The number of nitrogens with one attached hydrogen (secondary N) is 1. The smallest absolute Gasteiger partial charge is 0.302 e. The van der Waals surface area contributed by atoms with Crippen molar-refractivity contribution in [3.63, 3.8) is 0 Å². The summed E-state index contributed by atoms with van der Waals surface area (Å²) < 4.78 is 4.86. The molecule has 1 rings (SSSR count).